The molecule has 1 heteroatoms. The topological polar surface area (TPSA) is 12.0 Å². The summed E-state index contributed by atoms with van der Waals surface area (Å²) in [6.45, 7) is 3.37. The maximum atomic E-state index is 3.34. The van der Waals surface area contributed by atoms with Crippen LogP contribution < -0.4 is 5.32 Å². The van der Waals surface area contributed by atoms with Gasteiger partial charge in [-0.05, 0) is 57.2 Å². The molecule has 1 fully saturated rings. The molecule has 0 saturated heterocycles. The monoisotopic (exact) mass is 217 g/mol. The van der Waals surface area contributed by atoms with Gasteiger partial charge in [-0.1, -0.05) is 36.2 Å². The second-order valence-corrected chi connectivity index (χ2v) is 5.20. The minimum atomic E-state index is 0.894. The van der Waals surface area contributed by atoms with Gasteiger partial charge in [0.2, 0.25) is 0 Å². The predicted octanol–water partition coefficient (Wildman–Crippen LogP) is 3.17. The molecule has 2 rings (SSSR count). The molecule has 2 unspecified atom stereocenters. The van der Waals surface area contributed by atoms with Gasteiger partial charge >= 0.3 is 0 Å². The first-order valence-corrected chi connectivity index (χ1v) is 6.49. The Kier molecular flexibility index (Phi) is 4.00. The van der Waals surface area contributed by atoms with E-state index in [1.165, 1.54) is 43.4 Å². The molecule has 0 amide bonds. The Morgan fingerprint density at radius 1 is 1.25 bits per heavy atom. The van der Waals surface area contributed by atoms with Gasteiger partial charge in [-0.15, -0.1) is 0 Å². The van der Waals surface area contributed by atoms with Gasteiger partial charge in [-0.3, -0.25) is 0 Å². The molecule has 0 spiro atoms. The molecule has 1 aliphatic rings. The quantitative estimate of drug-likeness (QED) is 0.817. The molecule has 0 bridgehead atoms. The van der Waals surface area contributed by atoms with Crippen LogP contribution in [0.3, 0.4) is 0 Å². The Labute approximate surface area is 99.3 Å². The second-order valence-electron chi connectivity index (χ2n) is 5.20. The van der Waals surface area contributed by atoms with Gasteiger partial charge in [-0.2, -0.15) is 0 Å². The molecule has 16 heavy (non-hydrogen) atoms. The second kappa shape index (κ2) is 5.49. The third-order valence-electron chi connectivity index (χ3n) is 3.86. The Morgan fingerprint density at radius 2 is 2.06 bits per heavy atom. The molecule has 0 heterocycles. The highest BCUT2D eigenvalue weighted by molar-refractivity contribution is 5.22. The van der Waals surface area contributed by atoms with Crippen molar-refractivity contribution < 1.29 is 0 Å². The number of benzene rings is 1. The number of rotatable bonds is 4. The lowest BCUT2D eigenvalue weighted by molar-refractivity contribution is 0.374. The lowest BCUT2D eigenvalue weighted by atomic mass is 9.89. The lowest BCUT2D eigenvalue weighted by Gasteiger charge is -2.19. The fourth-order valence-corrected chi connectivity index (χ4v) is 3.06. The molecular weight excluding hydrogens is 194 g/mol. The molecule has 1 N–H and O–H groups in total. The summed E-state index contributed by atoms with van der Waals surface area (Å²) < 4.78 is 0. The molecule has 1 aliphatic carbocycles. The van der Waals surface area contributed by atoms with E-state index >= 15 is 0 Å². The highest BCUT2D eigenvalue weighted by atomic mass is 14.8. The number of hydrogen-bond donors (Lipinski definition) is 1. The molecule has 0 aliphatic heterocycles. The van der Waals surface area contributed by atoms with Crippen LogP contribution in [0.5, 0.6) is 0 Å². The Morgan fingerprint density at radius 3 is 2.81 bits per heavy atom. The van der Waals surface area contributed by atoms with Crippen LogP contribution in [0.15, 0.2) is 24.3 Å². The highest BCUT2D eigenvalue weighted by Gasteiger charge is 2.26. The van der Waals surface area contributed by atoms with Crippen molar-refractivity contribution in [3.05, 3.63) is 35.4 Å². The minimum absolute atomic E-state index is 0.894. The number of nitrogens with one attached hydrogen (secondary N) is 1. The van der Waals surface area contributed by atoms with E-state index < -0.39 is 0 Å². The van der Waals surface area contributed by atoms with Gasteiger partial charge in [0.05, 0.1) is 0 Å². The summed E-state index contributed by atoms with van der Waals surface area (Å²) in [5.74, 6) is 1.79. The van der Waals surface area contributed by atoms with Crippen molar-refractivity contribution in [2.24, 2.45) is 11.8 Å². The normalized spacial score (nSPS) is 24.9. The van der Waals surface area contributed by atoms with E-state index in [9.17, 15) is 0 Å². The van der Waals surface area contributed by atoms with Crippen molar-refractivity contribution in [2.75, 3.05) is 13.6 Å². The number of aryl methyl sites for hydroxylation is 1. The van der Waals surface area contributed by atoms with Crippen LogP contribution in [0.25, 0.3) is 0 Å². The summed E-state index contributed by atoms with van der Waals surface area (Å²) >= 11 is 0. The molecule has 2 atom stereocenters. The maximum absolute atomic E-state index is 3.34. The third-order valence-corrected chi connectivity index (χ3v) is 3.86. The first-order chi connectivity index (χ1) is 7.79. The molecular formula is C15H23N. The largest absolute Gasteiger partial charge is 0.319 e. The fourth-order valence-electron chi connectivity index (χ4n) is 3.06. The molecule has 0 aromatic heterocycles. The van der Waals surface area contributed by atoms with Crippen LogP contribution in [-0.4, -0.2) is 13.6 Å². The standard InChI is InChI=1S/C15H23N/c1-12-5-3-6-13(9-12)10-14-7-4-8-15(14)11-16-2/h3,5-6,9,14-16H,4,7-8,10-11H2,1-2H3. The van der Waals surface area contributed by atoms with Crippen LogP contribution in [0.1, 0.15) is 30.4 Å². The van der Waals surface area contributed by atoms with E-state index in [0.717, 1.165) is 11.8 Å². The summed E-state index contributed by atoms with van der Waals surface area (Å²) in [6.07, 6.45) is 5.52. The molecule has 1 saturated carbocycles. The smallest absolute Gasteiger partial charge is 0.00208 e. The zero-order valence-corrected chi connectivity index (χ0v) is 10.5. The highest BCUT2D eigenvalue weighted by Crippen LogP contribution is 2.33. The van der Waals surface area contributed by atoms with Crippen LogP contribution in [-0.2, 0) is 6.42 Å². The van der Waals surface area contributed by atoms with Crippen molar-refractivity contribution >= 4 is 0 Å². The van der Waals surface area contributed by atoms with E-state index in [-0.39, 0.29) is 0 Å². The van der Waals surface area contributed by atoms with Crippen molar-refractivity contribution in [1.29, 1.82) is 0 Å². The maximum Gasteiger partial charge on any atom is -0.00208 e. The molecule has 0 radical (unpaired) electrons. The van der Waals surface area contributed by atoms with Gasteiger partial charge in [0, 0.05) is 0 Å². The zero-order valence-electron chi connectivity index (χ0n) is 10.5. The summed E-state index contributed by atoms with van der Waals surface area (Å²) in [5, 5.41) is 3.34. The van der Waals surface area contributed by atoms with Crippen LogP contribution in [0.4, 0.5) is 0 Å². The first kappa shape index (κ1) is 11.7. The van der Waals surface area contributed by atoms with E-state index in [1.807, 2.05) is 0 Å². The van der Waals surface area contributed by atoms with E-state index in [4.69, 9.17) is 0 Å². The minimum Gasteiger partial charge on any atom is -0.319 e. The summed E-state index contributed by atoms with van der Waals surface area (Å²) in [5.41, 5.74) is 2.91. The van der Waals surface area contributed by atoms with Crippen molar-refractivity contribution in [3.63, 3.8) is 0 Å². The van der Waals surface area contributed by atoms with Gasteiger partial charge in [0.15, 0.2) is 0 Å². The summed E-state index contributed by atoms with van der Waals surface area (Å²) in [6, 6.07) is 8.99. The average Bonchev–Trinajstić information content (AvgIpc) is 2.66. The first-order valence-electron chi connectivity index (χ1n) is 6.49. The average molecular weight is 217 g/mol. The van der Waals surface area contributed by atoms with Crippen LogP contribution in [0.2, 0.25) is 0 Å². The van der Waals surface area contributed by atoms with Crippen LogP contribution >= 0.6 is 0 Å². The third kappa shape index (κ3) is 2.85. The summed E-state index contributed by atoms with van der Waals surface area (Å²) in [4.78, 5) is 0. The van der Waals surface area contributed by atoms with Crippen molar-refractivity contribution in [3.8, 4) is 0 Å². The SMILES string of the molecule is CNCC1CCCC1Cc1cccc(C)c1. The van der Waals surface area contributed by atoms with Crippen LogP contribution in [0, 0.1) is 18.8 Å². The van der Waals surface area contributed by atoms with Gasteiger partial charge in [0.1, 0.15) is 0 Å². The Bertz CT molecular complexity index is 332. The van der Waals surface area contributed by atoms with Crippen molar-refractivity contribution in [2.45, 2.75) is 32.6 Å². The van der Waals surface area contributed by atoms with Gasteiger partial charge in [-0.25, -0.2) is 0 Å². The lowest BCUT2D eigenvalue weighted by Crippen LogP contribution is -2.23. The Balaban J connectivity index is 1.98. The van der Waals surface area contributed by atoms with Gasteiger partial charge < -0.3 is 5.32 Å². The molecule has 1 nitrogen and oxygen atoms in total. The van der Waals surface area contributed by atoms with Crippen molar-refractivity contribution in [1.82, 2.24) is 5.32 Å². The van der Waals surface area contributed by atoms with E-state index in [0.29, 0.717) is 0 Å². The number of hydrogen-bond acceptors (Lipinski definition) is 1. The van der Waals surface area contributed by atoms with Gasteiger partial charge in [0.25, 0.3) is 0 Å². The van der Waals surface area contributed by atoms with E-state index in [2.05, 4.69) is 43.6 Å². The zero-order chi connectivity index (χ0) is 11.4. The summed E-state index contributed by atoms with van der Waals surface area (Å²) in [7, 11) is 2.07. The molecule has 1 aromatic rings. The van der Waals surface area contributed by atoms with E-state index in [1.54, 1.807) is 0 Å². The fraction of sp³-hybridized carbons (Fsp3) is 0.600. The molecule has 88 valence electrons. The Hall–Kier alpha value is -0.820. The molecule has 1 aromatic carbocycles. The predicted molar refractivity (Wildman–Crippen MR) is 69.6 cm³/mol.